The Morgan fingerprint density at radius 1 is 1.67 bits per heavy atom. The summed E-state index contributed by atoms with van der Waals surface area (Å²) in [5, 5.41) is 0. The van der Waals surface area contributed by atoms with Crippen LogP contribution in [0.15, 0.2) is 35.7 Å². The minimum atomic E-state index is 0.678. The van der Waals surface area contributed by atoms with Crippen molar-refractivity contribution in [2.45, 2.75) is 13.8 Å². The van der Waals surface area contributed by atoms with E-state index in [2.05, 4.69) is 6.58 Å². The first-order valence-corrected chi connectivity index (χ1v) is 4.00. The Bertz CT molecular complexity index is 274. The number of carbonyl (C=O) groups excluding carboxylic acids is 1. The predicted octanol–water partition coefficient (Wildman–Crippen LogP) is 1.86. The third kappa shape index (κ3) is 1.47. The molecule has 0 spiro atoms. The molecule has 0 unspecified atom stereocenters. The molecule has 1 aliphatic rings. The van der Waals surface area contributed by atoms with Crippen molar-refractivity contribution in [2.24, 2.45) is 0 Å². The topological polar surface area (TPSA) is 20.3 Å². The molecule has 1 rings (SSSR count). The third-order valence-corrected chi connectivity index (χ3v) is 1.89. The van der Waals surface area contributed by atoms with E-state index < -0.39 is 0 Å². The van der Waals surface area contributed by atoms with E-state index in [1.54, 1.807) is 0 Å². The fourth-order valence-corrected chi connectivity index (χ4v) is 1.24. The number of aldehydes is 1. The molecule has 0 aromatic heterocycles. The molecular weight excluding hydrogens is 150 g/mol. The fourth-order valence-electron chi connectivity index (χ4n) is 1.24. The summed E-state index contributed by atoms with van der Waals surface area (Å²) in [5.74, 6) is 0. The summed E-state index contributed by atoms with van der Waals surface area (Å²) in [5.41, 5.74) is 2.56. The number of hydrogen-bond acceptors (Lipinski definition) is 2. The van der Waals surface area contributed by atoms with E-state index in [1.807, 2.05) is 31.0 Å². The first-order chi connectivity index (χ1) is 5.69. The highest BCUT2D eigenvalue weighted by Gasteiger charge is 2.12. The van der Waals surface area contributed by atoms with Gasteiger partial charge in [-0.25, -0.2) is 0 Å². The van der Waals surface area contributed by atoms with Gasteiger partial charge in [-0.2, -0.15) is 0 Å². The second-order valence-electron chi connectivity index (χ2n) is 2.82. The molecule has 12 heavy (non-hydrogen) atoms. The van der Waals surface area contributed by atoms with Crippen LogP contribution in [0.3, 0.4) is 0 Å². The zero-order valence-corrected chi connectivity index (χ0v) is 7.50. The van der Waals surface area contributed by atoms with Crippen molar-refractivity contribution in [1.82, 2.24) is 4.90 Å². The van der Waals surface area contributed by atoms with Gasteiger partial charge in [-0.15, -0.1) is 0 Å². The van der Waals surface area contributed by atoms with E-state index >= 15 is 0 Å². The highest BCUT2D eigenvalue weighted by atomic mass is 16.1. The lowest BCUT2D eigenvalue weighted by Gasteiger charge is -2.25. The second kappa shape index (κ2) is 3.39. The molecule has 64 valence electrons. The summed E-state index contributed by atoms with van der Waals surface area (Å²) in [6.07, 6.45) is 4.69. The molecule has 0 atom stereocenters. The van der Waals surface area contributed by atoms with E-state index in [0.29, 0.717) is 5.57 Å². The van der Waals surface area contributed by atoms with Gasteiger partial charge in [-0.05, 0) is 25.5 Å². The molecule has 0 radical (unpaired) electrons. The third-order valence-electron chi connectivity index (χ3n) is 1.89. The molecule has 1 heterocycles. The largest absolute Gasteiger partial charge is 0.348 e. The summed E-state index contributed by atoms with van der Waals surface area (Å²) in [6.45, 7) is 8.68. The molecule has 2 nitrogen and oxygen atoms in total. The van der Waals surface area contributed by atoms with Crippen LogP contribution in [-0.2, 0) is 4.79 Å². The van der Waals surface area contributed by atoms with Crippen LogP contribution < -0.4 is 0 Å². The van der Waals surface area contributed by atoms with Gasteiger partial charge in [0.1, 0.15) is 0 Å². The Labute approximate surface area is 72.9 Å². The monoisotopic (exact) mass is 163 g/mol. The standard InChI is InChI=1S/C10H13NO/c1-4-11-6-8(2)5-10(7-12)9(11)3/h5-7H,3-4H2,1-2H3. The Morgan fingerprint density at radius 2 is 2.33 bits per heavy atom. The van der Waals surface area contributed by atoms with Crippen LogP contribution >= 0.6 is 0 Å². The van der Waals surface area contributed by atoms with Gasteiger partial charge in [0, 0.05) is 24.0 Å². The lowest BCUT2D eigenvalue weighted by molar-refractivity contribution is -0.104. The normalized spacial score (nSPS) is 17.2. The van der Waals surface area contributed by atoms with E-state index in [9.17, 15) is 4.79 Å². The maximum Gasteiger partial charge on any atom is 0.152 e. The minimum Gasteiger partial charge on any atom is -0.348 e. The van der Waals surface area contributed by atoms with Gasteiger partial charge in [0.25, 0.3) is 0 Å². The van der Waals surface area contributed by atoms with E-state index in [4.69, 9.17) is 0 Å². The van der Waals surface area contributed by atoms with Crippen LogP contribution in [0.4, 0.5) is 0 Å². The van der Waals surface area contributed by atoms with Crippen LogP contribution in [0.2, 0.25) is 0 Å². The van der Waals surface area contributed by atoms with E-state index in [1.165, 1.54) is 0 Å². The average Bonchev–Trinajstić information content (AvgIpc) is 2.08. The zero-order chi connectivity index (χ0) is 9.14. The maximum absolute atomic E-state index is 10.6. The van der Waals surface area contributed by atoms with Gasteiger partial charge in [0.15, 0.2) is 6.29 Å². The first-order valence-electron chi connectivity index (χ1n) is 4.00. The summed E-state index contributed by atoms with van der Waals surface area (Å²) in [7, 11) is 0. The van der Waals surface area contributed by atoms with Crippen LogP contribution in [0.25, 0.3) is 0 Å². The quantitative estimate of drug-likeness (QED) is 0.579. The number of allylic oxidation sites excluding steroid dienone is 3. The molecule has 0 aliphatic carbocycles. The average molecular weight is 163 g/mol. The number of likely N-dealkylation sites (N-methyl/N-ethyl adjacent to an activating group) is 1. The van der Waals surface area contributed by atoms with Crippen molar-refractivity contribution < 1.29 is 4.79 Å². The molecule has 1 aliphatic heterocycles. The number of rotatable bonds is 2. The van der Waals surface area contributed by atoms with Crippen molar-refractivity contribution in [3.8, 4) is 0 Å². The second-order valence-corrected chi connectivity index (χ2v) is 2.82. The molecule has 0 saturated carbocycles. The lowest BCUT2D eigenvalue weighted by Crippen LogP contribution is -2.20. The summed E-state index contributed by atoms with van der Waals surface area (Å²) < 4.78 is 0. The predicted molar refractivity (Wildman–Crippen MR) is 49.4 cm³/mol. The fraction of sp³-hybridized carbons (Fsp3) is 0.300. The van der Waals surface area contributed by atoms with Crippen molar-refractivity contribution in [3.63, 3.8) is 0 Å². The molecule has 2 heteroatoms. The van der Waals surface area contributed by atoms with Crippen LogP contribution in [0.1, 0.15) is 13.8 Å². The van der Waals surface area contributed by atoms with Gasteiger partial charge in [0.2, 0.25) is 0 Å². The minimum absolute atomic E-state index is 0.678. The summed E-state index contributed by atoms with van der Waals surface area (Å²) in [4.78, 5) is 12.6. The van der Waals surface area contributed by atoms with Gasteiger partial charge < -0.3 is 4.90 Å². The SMILES string of the molecule is C=C1C(C=O)=CC(C)=CN1CC. The van der Waals surface area contributed by atoms with Crippen molar-refractivity contribution in [1.29, 1.82) is 0 Å². The Balaban J connectivity index is 2.98. The van der Waals surface area contributed by atoms with Gasteiger partial charge in [-0.3, -0.25) is 4.79 Å². The highest BCUT2D eigenvalue weighted by Crippen LogP contribution is 2.20. The maximum atomic E-state index is 10.6. The molecule has 0 bridgehead atoms. The highest BCUT2D eigenvalue weighted by molar-refractivity contribution is 5.81. The summed E-state index contributed by atoms with van der Waals surface area (Å²) >= 11 is 0. The van der Waals surface area contributed by atoms with Crippen LogP contribution in [0.5, 0.6) is 0 Å². The first kappa shape index (κ1) is 8.78. The van der Waals surface area contributed by atoms with E-state index in [0.717, 1.165) is 24.1 Å². The molecule has 0 aromatic rings. The molecule has 0 amide bonds. The molecule has 0 N–H and O–H groups in total. The van der Waals surface area contributed by atoms with Crippen molar-refractivity contribution >= 4 is 6.29 Å². The number of carbonyl (C=O) groups is 1. The van der Waals surface area contributed by atoms with Crippen molar-refractivity contribution in [3.05, 3.63) is 35.7 Å². The van der Waals surface area contributed by atoms with Gasteiger partial charge in [-0.1, -0.05) is 6.58 Å². The van der Waals surface area contributed by atoms with E-state index in [-0.39, 0.29) is 0 Å². The molecule has 0 aromatic carbocycles. The van der Waals surface area contributed by atoms with Crippen molar-refractivity contribution in [2.75, 3.05) is 6.54 Å². The Morgan fingerprint density at radius 3 is 2.83 bits per heavy atom. The van der Waals surface area contributed by atoms with Gasteiger partial charge >= 0.3 is 0 Å². The Hall–Kier alpha value is -1.31. The number of hydrogen-bond donors (Lipinski definition) is 0. The van der Waals surface area contributed by atoms with Gasteiger partial charge in [0.05, 0.1) is 0 Å². The molecule has 0 fully saturated rings. The Kier molecular flexibility index (Phi) is 2.48. The van der Waals surface area contributed by atoms with Crippen LogP contribution in [0, 0.1) is 0 Å². The lowest BCUT2D eigenvalue weighted by atomic mass is 10.1. The number of nitrogens with zero attached hydrogens (tertiary/aromatic N) is 1. The smallest absolute Gasteiger partial charge is 0.152 e. The zero-order valence-electron chi connectivity index (χ0n) is 7.50. The molecular formula is C10H13NO. The summed E-state index contributed by atoms with van der Waals surface area (Å²) in [6, 6.07) is 0. The molecule has 0 saturated heterocycles. The van der Waals surface area contributed by atoms with Crippen LogP contribution in [-0.4, -0.2) is 17.7 Å².